The van der Waals surface area contributed by atoms with Crippen LogP contribution < -0.4 is 9.80 Å². The van der Waals surface area contributed by atoms with Crippen molar-refractivity contribution in [2.45, 2.75) is 0 Å². The Morgan fingerprint density at radius 3 is 1.21 bits per heavy atom. The van der Waals surface area contributed by atoms with Gasteiger partial charge in [-0.05, 0) is 35.0 Å². The molecule has 0 aliphatic carbocycles. The molecule has 0 saturated carbocycles. The minimum atomic E-state index is 0.662. The van der Waals surface area contributed by atoms with Crippen LogP contribution in [-0.4, -0.2) is 16.6 Å². The van der Waals surface area contributed by atoms with Crippen molar-refractivity contribution in [1.29, 1.82) is 0 Å². The lowest BCUT2D eigenvalue weighted by Gasteiger charge is -2.20. The van der Waals surface area contributed by atoms with E-state index in [-0.39, 0.29) is 0 Å². The zero-order chi connectivity index (χ0) is 21.8. The molecule has 0 spiro atoms. The van der Waals surface area contributed by atoms with Crippen molar-refractivity contribution >= 4 is 55.6 Å². The average molecular weight is 425 g/mol. The Hall–Kier alpha value is -4.44. The molecule has 0 unspecified atom stereocenters. The van der Waals surface area contributed by atoms with Gasteiger partial charge in [-0.15, -0.1) is 0 Å². The van der Waals surface area contributed by atoms with Gasteiger partial charge in [0.05, 0.1) is 11.0 Å². The number of hydrogen-bond donors (Lipinski definition) is 0. The molecule has 1 aliphatic rings. The second-order valence-electron chi connectivity index (χ2n) is 8.33. The summed E-state index contributed by atoms with van der Waals surface area (Å²) in [5.41, 5.74) is 4.10. The molecule has 0 saturated heterocycles. The van der Waals surface area contributed by atoms with Crippen LogP contribution in [0, 0.1) is 0 Å². The van der Waals surface area contributed by atoms with Crippen LogP contribution in [0.25, 0.3) is 32.6 Å². The molecule has 0 bridgehead atoms. The number of anilines is 4. The lowest BCUT2D eigenvalue weighted by atomic mass is 9.99. The van der Waals surface area contributed by atoms with E-state index in [0.717, 1.165) is 44.8 Å². The zero-order valence-corrected chi connectivity index (χ0v) is 17.9. The molecule has 0 radical (unpaired) electrons. The van der Waals surface area contributed by atoms with E-state index in [1.165, 1.54) is 10.8 Å². The molecule has 5 aromatic carbocycles. The SMILES string of the molecule is c1ccc(N2CN(c3ccccc3)c3nc4c5ccccc5c5ccccc5c4nc32)cc1. The highest BCUT2D eigenvalue weighted by Crippen LogP contribution is 2.44. The van der Waals surface area contributed by atoms with E-state index in [0.29, 0.717) is 6.67 Å². The number of nitrogens with zero attached hydrogens (tertiary/aromatic N) is 4. The highest BCUT2D eigenvalue weighted by Gasteiger charge is 2.32. The monoisotopic (exact) mass is 424 g/mol. The van der Waals surface area contributed by atoms with E-state index in [1.54, 1.807) is 0 Å². The number of fused-ring (bicyclic) bond motifs is 7. The van der Waals surface area contributed by atoms with Crippen LogP contribution >= 0.6 is 0 Å². The standard InChI is InChI=1S/C29H20N4/c1-3-11-20(12-4-1)32-19-33(21-13-5-2-6-14-21)29-28(32)30-26-24-17-9-7-15-22(24)23-16-8-10-18-25(23)27(26)31-29/h1-18H,19H2. The smallest absolute Gasteiger partial charge is 0.179 e. The fraction of sp³-hybridized carbons (Fsp3) is 0.0345. The zero-order valence-electron chi connectivity index (χ0n) is 17.9. The molecule has 6 aromatic rings. The molecule has 33 heavy (non-hydrogen) atoms. The van der Waals surface area contributed by atoms with Crippen LogP contribution in [0.3, 0.4) is 0 Å². The number of rotatable bonds is 2. The molecule has 156 valence electrons. The van der Waals surface area contributed by atoms with Crippen molar-refractivity contribution in [3.05, 3.63) is 109 Å². The molecule has 0 amide bonds. The van der Waals surface area contributed by atoms with E-state index in [9.17, 15) is 0 Å². The van der Waals surface area contributed by atoms with E-state index in [4.69, 9.17) is 9.97 Å². The molecule has 7 rings (SSSR count). The van der Waals surface area contributed by atoms with Crippen molar-refractivity contribution < 1.29 is 0 Å². The molecular formula is C29H20N4. The van der Waals surface area contributed by atoms with Crippen molar-refractivity contribution in [2.24, 2.45) is 0 Å². The van der Waals surface area contributed by atoms with Gasteiger partial charge in [0, 0.05) is 22.1 Å². The van der Waals surface area contributed by atoms with Gasteiger partial charge >= 0.3 is 0 Å². The van der Waals surface area contributed by atoms with Gasteiger partial charge in [-0.2, -0.15) is 0 Å². The quantitative estimate of drug-likeness (QED) is 0.276. The third-order valence-corrected chi connectivity index (χ3v) is 6.44. The number of para-hydroxylation sites is 2. The summed E-state index contributed by atoms with van der Waals surface area (Å²) in [5.74, 6) is 1.77. The van der Waals surface area contributed by atoms with Gasteiger partial charge in [0.15, 0.2) is 11.6 Å². The topological polar surface area (TPSA) is 32.3 Å². The summed E-state index contributed by atoms with van der Waals surface area (Å²) >= 11 is 0. The lowest BCUT2D eigenvalue weighted by molar-refractivity contribution is 0.977. The van der Waals surface area contributed by atoms with Crippen molar-refractivity contribution in [3.63, 3.8) is 0 Å². The number of aromatic nitrogens is 2. The second kappa shape index (κ2) is 7.04. The Bertz CT molecular complexity index is 1520. The maximum Gasteiger partial charge on any atom is 0.179 e. The van der Waals surface area contributed by atoms with E-state index in [1.807, 2.05) is 12.1 Å². The van der Waals surface area contributed by atoms with Crippen molar-refractivity contribution in [2.75, 3.05) is 16.5 Å². The normalized spacial score (nSPS) is 13.2. The third-order valence-electron chi connectivity index (χ3n) is 6.44. The van der Waals surface area contributed by atoms with Gasteiger partial charge in [0.25, 0.3) is 0 Å². The largest absolute Gasteiger partial charge is 0.305 e. The van der Waals surface area contributed by atoms with E-state index >= 15 is 0 Å². The first kappa shape index (κ1) is 18.2. The number of benzene rings is 5. The summed E-state index contributed by atoms with van der Waals surface area (Å²) in [7, 11) is 0. The Balaban J connectivity index is 1.59. The first-order chi connectivity index (χ1) is 16.4. The van der Waals surface area contributed by atoms with E-state index < -0.39 is 0 Å². The van der Waals surface area contributed by atoms with E-state index in [2.05, 4.69) is 107 Å². The summed E-state index contributed by atoms with van der Waals surface area (Å²) in [6.45, 7) is 0.662. The molecule has 4 heteroatoms. The van der Waals surface area contributed by atoms with Crippen LogP contribution in [0.4, 0.5) is 23.0 Å². The summed E-state index contributed by atoms with van der Waals surface area (Å²) in [6.07, 6.45) is 0. The molecule has 4 nitrogen and oxygen atoms in total. The Kier molecular flexibility index (Phi) is 3.87. The Morgan fingerprint density at radius 1 is 0.424 bits per heavy atom. The molecular weight excluding hydrogens is 404 g/mol. The lowest BCUT2D eigenvalue weighted by Crippen LogP contribution is -2.24. The molecule has 1 aromatic heterocycles. The molecule has 2 heterocycles. The fourth-order valence-corrected chi connectivity index (χ4v) is 4.90. The van der Waals surface area contributed by atoms with Gasteiger partial charge in [-0.1, -0.05) is 84.9 Å². The van der Waals surface area contributed by atoms with Crippen LogP contribution in [-0.2, 0) is 0 Å². The van der Waals surface area contributed by atoms with Crippen molar-refractivity contribution in [1.82, 2.24) is 9.97 Å². The summed E-state index contributed by atoms with van der Waals surface area (Å²) < 4.78 is 0. The average Bonchev–Trinajstić information content (AvgIpc) is 3.27. The molecule has 1 aliphatic heterocycles. The van der Waals surface area contributed by atoms with Gasteiger partial charge < -0.3 is 9.80 Å². The first-order valence-electron chi connectivity index (χ1n) is 11.1. The molecule has 0 fully saturated rings. The minimum Gasteiger partial charge on any atom is -0.305 e. The highest BCUT2D eigenvalue weighted by molar-refractivity contribution is 6.23. The predicted octanol–water partition coefficient (Wildman–Crippen LogP) is 7.18. The minimum absolute atomic E-state index is 0.662. The summed E-state index contributed by atoms with van der Waals surface area (Å²) in [6, 6.07) is 37.9. The highest BCUT2D eigenvalue weighted by atomic mass is 15.4. The second-order valence-corrected chi connectivity index (χ2v) is 8.33. The van der Waals surface area contributed by atoms with Crippen molar-refractivity contribution in [3.8, 4) is 0 Å². The van der Waals surface area contributed by atoms with Gasteiger partial charge in [0.2, 0.25) is 0 Å². The summed E-state index contributed by atoms with van der Waals surface area (Å²) in [4.78, 5) is 15.1. The van der Waals surface area contributed by atoms with Crippen LogP contribution in [0.15, 0.2) is 109 Å². The van der Waals surface area contributed by atoms with Gasteiger partial charge in [-0.3, -0.25) is 0 Å². The first-order valence-corrected chi connectivity index (χ1v) is 11.1. The fourth-order valence-electron chi connectivity index (χ4n) is 4.90. The third kappa shape index (κ3) is 2.71. The molecule has 0 N–H and O–H groups in total. The molecule has 0 atom stereocenters. The maximum atomic E-state index is 5.29. The van der Waals surface area contributed by atoms with Crippen LogP contribution in [0.5, 0.6) is 0 Å². The summed E-state index contributed by atoms with van der Waals surface area (Å²) in [5, 5.41) is 4.68. The Labute approximate surface area is 191 Å². The van der Waals surface area contributed by atoms with Gasteiger partial charge in [0.1, 0.15) is 6.67 Å². The maximum absolute atomic E-state index is 5.29. The van der Waals surface area contributed by atoms with Crippen LogP contribution in [0.2, 0.25) is 0 Å². The van der Waals surface area contributed by atoms with Gasteiger partial charge in [-0.25, -0.2) is 9.97 Å². The Morgan fingerprint density at radius 2 is 0.788 bits per heavy atom. The number of hydrogen-bond acceptors (Lipinski definition) is 4. The van der Waals surface area contributed by atoms with Crippen LogP contribution in [0.1, 0.15) is 0 Å². The predicted molar refractivity (Wildman–Crippen MR) is 137 cm³/mol.